The number of hydrogen-bond acceptors (Lipinski definition) is 7. The fourth-order valence-corrected chi connectivity index (χ4v) is 1.97. The minimum atomic E-state index is -0.733. The van der Waals surface area contributed by atoms with Gasteiger partial charge in [-0.15, -0.1) is 0 Å². The number of nitrogens with two attached hydrogens (primary N) is 1. The Morgan fingerprint density at radius 1 is 1.56 bits per heavy atom. The number of aliphatic hydroxyl groups is 1. The molecule has 2 heterocycles. The lowest BCUT2D eigenvalue weighted by Crippen LogP contribution is -2.40. The number of methoxy groups -OCH3 is 1. The Bertz CT molecular complexity index is 434. The Kier molecular flexibility index (Phi) is 3.86. The molecule has 4 N–H and O–H groups in total. The molecule has 4 unspecified atom stereocenters. The summed E-state index contributed by atoms with van der Waals surface area (Å²) in [6, 6.07) is -0.474. The third-order valence-corrected chi connectivity index (χ3v) is 3.16. The van der Waals surface area contributed by atoms with E-state index in [1.165, 1.54) is 13.4 Å². The summed E-state index contributed by atoms with van der Waals surface area (Å²) in [6.07, 6.45) is -0.369. The highest BCUT2D eigenvalue weighted by atomic mass is 35.5. The van der Waals surface area contributed by atoms with Gasteiger partial charge in [0.05, 0.1) is 6.10 Å². The zero-order chi connectivity index (χ0) is 13.3. The Balaban J connectivity index is 2.19. The van der Waals surface area contributed by atoms with E-state index in [1.807, 2.05) is 0 Å². The van der Waals surface area contributed by atoms with E-state index < -0.39 is 18.4 Å². The van der Waals surface area contributed by atoms with Crippen LogP contribution in [0.5, 0.6) is 0 Å². The number of anilines is 2. The molecular weight excluding hydrogens is 260 g/mol. The van der Waals surface area contributed by atoms with Gasteiger partial charge in [0.25, 0.3) is 0 Å². The predicted molar refractivity (Wildman–Crippen MR) is 66.2 cm³/mol. The average Bonchev–Trinajstić information content (AvgIpc) is 2.62. The SMILES string of the molecule is COC1OC(C)C(O)C1Nc1ncnc(Cl)c1N. The molecule has 2 rings (SSSR count). The Morgan fingerprint density at radius 2 is 2.28 bits per heavy atom. The lowest BCUT2D eigenvalue weighted by atomic mass is 10.1. The third kappa shape index (κ3) is 2.35. The summed E-state index contributed by atoms with van der Waals surface area (Å²) in [5.41, 5.74) is 5.97. The maximum atomic E-state index is 10.00. The molecule has 18 heavy (non-hydrogen) atoms. The minimum Gasteiger partial charge on any atom is -0.393 e. The van der Waals surface area contributed by atoms with E-state index in [1.54, 1.807) is 6.92 Å². The van der Waals surface area contributed by atoms with E-state index >= 15 is 0 Å². The number of rotatable bonds is 3. The summed E-state index contributed by atoms with van der Waals surface area (Å²) < 4.78 is 10.6. The van der Waals surface area contributed by atoms with Crippen molar-refractivity contribution in [3.05, 3.63) is 11.5 Å². The van der Waals surface area contributed by atoms with E-state index in [4.69, 9.17) is 26.8 Å². The molecule has 0 aromatic carbocycles. The number of nitrogens with one attached hydrogen (secondary N) is 1. The summed E-state index contributed by atoms with van der Waals surface area (Å²) in [4.78, 5) is 7.73. The first-order valence-electron chi connectivity index (χ1n) is 5.43. The Labute approximate surface area is 109 Å². The van der Waals surface area contributed by atoms with Gasteiger partial charge in [-0.1, -0.05) is 11.6 Å². The van der Waals surface area contributed by atoms with E-state index in [9.17, 15) is 5.11 Å². The lowest BCUT2D eigenvalue weighted by molar-refractivity contribution is -0.115. The van der Waals surface area contributed by atoms with Gasteiger partial charge in [-0.3, -0.25) is 0 Å². The zero-order valence-electron chi connectivity index (χ0n) is 10.0. The second-order valence-electron chi connectivity index (χ2n) is 4.03. The molecule has 1 aliphatic heterocycles. The lowest BCUT2D eigenvalue weighted by Gasteiger charge is -2.21. The molecule has 0 saturated carbocycles. The van der Waals surface area contributed by atoms with Crippen molar-refractivity contribution in [1.82, 2.24) is 9.97 Å². The first kappa shape index (κ1) is 13.3. The van der Waals surface area contributed by atoms with Crippen LogP contribution in [0.25, 0.3) is 0 Å². The van der Waals surface area contributed by atoms with Crippen LogP contribution in [-0.2, 0) is 9.47 Å². The smallest absolute Gasteiger partial charge is 0.180 e. The predicted octanol–water partition coefficient (Wildman–Crippen LogP) is 0.245. The van der Waals surface area contributed by atoms with E-state index in [2.05, 4.69) is 15.3 Å². The van der Waals surface area contributed by atoms with Crippen LogP contribution in [-0.4, -0.2) is 46.7 Å². The van der Waals surface area contributed by atoms with Gasteiger partial charge >= 0.3 is 0 Å². The van der Waals surface area contributed by atoms with Crippen LogP contribution in [0.1, 0.15) is 6.92 Å². The van der Waals surface area contributed by atoms with Gasteiger partial charge in [-0.2, -0.15) is 0 Å². The quantitative estimate of drug-likeness (QED) is 0.679. The molecule has 4 atom stereocenters. The maximum Gasteiger partial charge on any atom is 0.180 e. The number of ether oxygens (including phenoxy) is 2. The Hall–Kier alpha value is -1.15. The molecule has 1 saturated heterocycles. The molecule has 1 aromatic heterocycles. The number of nitrogens with zero attached hydrogens (tertiary/aromatic N) is 2. The zero-order valence-corrected chi connectivity index (χ0v) is 10.8. The second kappa shape index (κ2) is 5.23. The van der Waals surface area contributed by atoms with Crippen molar-refractivity contribution < 1.29 is 14.6 Å². The summed E-state index contributed by atoms with van der Waals surface area (Å²) >= 11 is 5.79. The molecule has 0 spiro atoms. The molecule has 0 bridgehead atoms. The number of hydrogen-bond donors (Lipinski definition) is 3. The minimum absolute atomic E-state index is 0.155. The molecular formula is C10H15ClN4O3. The van der Waals surface area contributed by atoms with Crippen LogP contribution in [0.15, 0.2) is 6.33 Å². The van der Waals surface area contributed by atoms with Crippen LogP contribution in [0.4, 0.5) is 11.5 Å². The van der Waals surface area contributed by atoms with Crippen LogP contribution in [0.3, 0.4) is 0 Å². The second-order valence-corrected chi connectivity index (χ2v) is 4.39. The van der Waals surface area contributed by atoms with E-state index in [0.29, 0.717) is 5.82 Å². The van der Waals surface area contributed by atoms with Crippen LogP contribution in [0, 0.1) is 0 Å². The molecule has 100 valence electrons. The highest BCUT2D eigenvalue weighted by molar-refractivity contribution is 6.32. The molecule has 0 amide bonds. The van der Waals surface area contributed by atoms with Gasteiger partial charge in [0, 0.05) is 7.11 Å². The number of halogens is 1. The van der Waals surface area contributed by atoms with Gasteiger partial charge in [-0.25, -0.2) is 9.97 Å². The number of aromatic nitrogens is 2. The van der Waals surface area contributed by atoms with Crippen molar-refractivity contribution in [3.63, 3.8) is 0 Å². The topological polar surface area (TPSA) is 103 Å². The summed E-state index contributed by atoms with van der Waals surface area (Å²) in [5, 5.41) is 13.1. The molecule has 0 aliphatic carbocycles. The van der Waals surface area contributed by atoms with Crippen molar-refractivity contribution >= 4 is 23.1 Å². The monoisotopic (exact) mass is 274 g/mol. The summed E-state index contributed by atoms with van der Waals surface area (Å²) in [5.74, 6) is 0.346. The molecule has 0 radical (unpaired) electrons. The van der Waals surface area contributed by atoms with Crippen molar-refractivity contribution in [2.45, 2.75) is 31.5 Å². The number of nitrogen functional groups attached to an aromatic ring is 1. The fourth-order valence-electron chi connectivity index (χ4n) is 1.83. The van der Waals surface area contributed by atoms with Crippen molar-refractivity contribution in [1.29, 1.82) is 0 Å². The van der Waals surface area contributed by atoms with Crippen LogP contribution in [0.2, 0.25) is 5.15 Å². The molecule has 7 nitrogen and oxygen atoms in total. The van der Waals surface area contributed by atoms with Gasteiger partial charge in [0.15, 0.2) is 17.3 Å². The van der Waals surface area contributed by atoms with Crippen LogP contribution < -0.4 is 11.1 Å². The van der Waals surface area contributed by atoms with Crippen LogP contribution >= 0.6 is 11.6 Å². The summed E-state index contributed by atoms with van der Waals surface area (Å²) in [7, 11) is 1.50. The molecule has 8 heteroatoms. The molecule has 1 aliphatic rings. The van der Waals surface area contributed by atoms with Crippen molar-refractivity contribution in [3.8, 4) is 0 Å². The largest absolute Gasteiger partial charge is 0.393 e. The fraction of sp³-hybridized carbons (Fsp3) is 0.600. The normalized spacial score (nSPS) is 31.6. The van der Waals surface area contributed by atoms with Gasteiger partial charge in [0.1, 0.15) is 24.2 Å². The van der Waals surface area contributed by atoms with E-state index in [0.717, 1.165) is 0 Å². The summed E-state index contributed by atoms with van der Waals surface area (Å²) in [6.45, 7) is 1.76. The highest BCUT2D eigenvalue weighted by Crippen LogP contribution is 2.28. The first-order chi connectivity index (χ1) is 8.54. The molecule has 1 fully saturated rings. The van der Waals surface area contributed by atoms with Crippen molar-refractivity contribution in [2.75, 3.05) is 18.2 Å². The highest BCUT2D eigenvalue weighted by Gasteiger charge is 2.42. The van der Waals surface area contributed by atoms with Gasteiger partial charge in [0.2, 0.25) is 0 Å². The maximum absolute atomic E-state index is 10.00. The van der Waals surface area contributed by atoms with E-state index in [-0.39, 0.29) is 16.9 Å². The molecule has 1 aromatic rings. The van der Waals surface area contributed by atoms with Gasteiger partial charge < -0.3 is 25.6 Å². The standard InChI is InChI=1S/C10H15ClN4O3/c1-4-7(16)6(10(17-2)18-4)15-9-5(12)8(11)13-3-14-9/h3-4,6-7,10,16H,12H2,1-2H3,(H,13,14,15). The van der Waals surface area contributed by atoms with Gasteiger partial charge in [-0.05, 0) is 6.92 Å². The Morgan fingerprint density at radius 3 is 2.94 bits per heavy atom. The average molecular weight is 275 g/mol. The number of aliphatic hydroxyl groups excluding tert-OH is 1. The first-order valence-corrected chi connectivity index (χ1v) is 5.81. The van der Waals surface area contributed by atoms with Crippen molar-refractivity contribution in [2.24, 2.45) is 0 Å². The third-order valence-electron chi connectivity index (χ3n) is 2.86.